The van der Waals surface area contributed by atoms with Gasteiger partial charge in [0.05, 0.1) is 24.1 Å². The van der Waals surface area contributed by atoms with Crippen LogP contribution in [0.1, 0.15) is 85.6 Å². The van der Waals surface area contributed by atoms with Gasteiger partial charge in [0.15, 0.2) is 0 Å². The van der Waals surface area contributed by atoms with E-state index in [2.05, 4.69) is 63.2 Å². The fourth-order valence-electron chi connectivity index (χ4n) is 6.57. The van der Waals surface area contributed by atoms with E-state index < -0.39 is 0 Å². The summed E-state index contributed by atoms with van der Waals surface area (Å²) >= 11 is 0. The molecular weight excluding hydrogens is 446 g/mol. The van der Waals surface area contributed by atoms with Gasteiger partial charge in [-0.2, -0.15) is 0 Å². The maximum atomic E-state index is 14.0. The zero-order chi connectivity index (χ0) is 25.0. The van der Waals surface area contributed by atoms with Crippen LogP contribution in [0.15, 0.2) is 66.7 Å². The van der Waals surface area contributed by atoms with E-state index in [1.54, 1.807) is 0 Å². The quantitative estimate of drug-likeness (QED) is 0.277. The number of ether oxygens (including phenoxy) is 1. The van der Waals surface area contributed by atoms with Crippen LogP contribution in [0.3, 0.4) is 0 Å². The normalized spacial score (nSPS) is 24.4. The van der Waals surface area contributed by atoms with E-state index in [1.807, 2.05) is 24.3 Å². The summed E-state index contributed by atoms with van der Waals surface area (Å²) in [6.07, 6.45) is 3.14. The number of carbonyl (C=O) groups is 2. The van der Waals surface area contributed by atoms with Crippen molar-refractivity contribution in [2.75, 3.05) is 11.5 Å². The Morgan fingerprint density at radius 1 is 0.806 bits per heavy atom. The molecular formula is C32H33NO3. The summed E-state index contributed by atoms with van der Waals surface area (Å²) in [5, 5.41) is 0. The smallest absolute Gasteiger partial charge is 0.238 e. The van der Waals surface area contributed by atoms with E-state index in [9.17, 15) is 9.59 Å². The molecule has 5 atom stereocenters. The standard InChI is InChI=1S/C32H33NO3/c1-4-6-17-36-22-14-12-21(13-15-22)33-31(34)29-27-23-9-7-8-10-24(23)28(30(29)32(33)35)26-18-20(19(3)5-2)11-16-25(26)27/h7-16,18-19,27-30H,4-6,17H2,1-3H3/t19-,27+,28+,29+,30+/m0/s1. The molecule has 2 bridgehead atoms. The average Bonchev–Trinajstić information content (AvgIpc) is 3.18. The van der Waals surface area contributed by atoms with Crippen molar-refractivity contribution >= 4 is 17.5 Å². The van der Waals surface area contributed by atoms with Gasteiger partial charge in [-0.1, -0.05) is 69.7 Å². The van der Waals surface area contributed by atoms with E-state index in [0.29, 0.717) is 18.2 Å². The van der Waals surface area contributed by atoms with Crippen molar-refractivity contribution in [1.29, 1.82) is 0 Å². The molecule has 36 heavy (non-hydrogen) atoms. The Morgan fingerprint density at radius 3 is 2.03 bits per heavy atom. The molecule has 0 N–H and O–H groups in total. The third-order valence-electron chi connectivity index (χ3n) is 8.61. The first-order valence-corrected chi connectivity index (χ1v) is 13.4. The van der Waals surface area contributed by atoms with Gasteiger partial charge in [-0.3, -0.25) is 9.59 Å². The number of carbonyl (C=O) groups excluding carboxylic acids is 2. The van der Waals surface area contributed by atoms with Crippen molar-refractivity contribution < 1.29 is 14.3 Å². The maximum absolute atomic E-state index is 14.0. The second kappa shape index (κ2) is 8.92. The monoisotopic (exact) mass is 479 g/mol. The van der Waals surface area contributed by atoms with Crippen molar-refractivity contribution in [3.8, 4) is 5.75 Å². The minimum atomic E-state index is -0.363. The lowest BCUT2D eigenvalue weighted by molar-refractivity contribution is -0.122. The molecule has 1 heterocycles. The van der Waals surface area contributed by atoms with Gasteiger partial charge in [0.2, 0.25) is 11.8 Å². The highest BCUT2D eigenvalue weighted by atomic mass is 16.5. The number of hydrogen-bond donors (Lipinski definition) is 0. The van der Waals surface area contributed by atoms with Crippen molar-refractivity contribution in [3.63, 3.8) is 0 Å². The number of hydrogen-bond acceptors (Lipinski definition) is 3. The molecule has 2 amide bonds. The first-order chi connectivity index (χ1) is 17.5. The molecule has 0 radical (unpaired) electrons. The van der Waals surface area contributed by atoms with Crippen molar-refractivity contribution in [1.82, 2.24) is 0 Å². The lowest BCUT2D eigenvalue weighted by Gasteiger charge is -2.46. The van der Waals surface area contributed by atoms with Gasteiger partial charge in [-0.15, -0.1) is 0 Å². The lowest BCUT2D eigenvalue weighted by atomic mass is 9.54. The van der Waals surface area contributed by atoms with Crippen LogP contribution < -0.4 is 9.64 Å². The molecule has 3 aromatic rings. The summed E-state index contributed by atoms with van der Waals surface area (Å²) in [6, 6.07) is 22.6. The van der Waals surface area contributed by atoms with Gasteiger partial charge in [0, 0.05) is 11.8 Å². The SMILES string of the molecule is CCCCOc1ccc(N2C(=O)[C@@H]3[C@@H]4c5ccccc5[C@H](c5cc([C@@H](C)CC)ccc54)[C@H]3C2=O)cc1. The fraction of sp³-hybridized carbons (Fsp3) is 0.375. The van der Waals surface area contributed by atoms with Crippen molar-refractivity contribution in [3.05, 3.63) is 94.5 Å². The molecule has 0 saturated carbocycles. The maximum Gasteiger partial charge on any atom is 0.238 e. The van der Waals surface area contributed by atoms with Gasteiger partial charge in [0.25, 0.3) is 0 Å². The van der Waals surface area contributed by atoms with Gasteiger partial charge >= 0.3 is 0 Å². The molecule has 184 valence electrons. The van der Waals surface area contributed by atoms with Crippen LogP contribution in [0.2, 0.25) is 0 Å². The van der Waals surface area contributed by atoms with Gasteiger partial charge in [0.1, 0.15) is 5.75 Å². The molecule has 4 aliphatic rings. The Balaban J connectivity index is 1.41. The van der Waals surface area contributed by atoms with Crippen LogP contribution in [0.25, 0.3) is 0 Å². The fourth-order valence-corrected chi connectivity index (χ4v) is 6.57. The highest BCUT2D eigenvalue weighted by Gasteiger charge is 2.61. The summed E-state index contributed by atoms with van der Waals surface area (Å²) in [4.78, 5) is 29.4. The molecule has 0 aromatic heterocycles. The Hall–Kier alpha value is -3.40. The molecule has 1 fully saturated rings. The zero-order valence-electron chi connectivity index (χ0n) is 21.2. The molecule has 1 saturated heterocycles. The van der Waals surface area contributed by atoms with Crippen molar-refractivity contribution in [2.24, 2.45) is 11.8 Å². The second-order valence-corrected chi connectivity index (χ2v) is 10.5. The highest BCUT2D eigenvalue weighted by molar-refractivity contribution is 6.23. The van der Waals surface area contributed by atoms with E-state index >= 15 is 0 Å². The minimum Gasteiger partial charge on any atom is -0.494 e. The predicted molar refractivity (Wildman–Crippen MR) is 142 cm³/mol. The first-order valence-electron chi connectivity index (χ1n) is 13.4. The van der Waals surface area contributed by atoms with E-state index in [1.165, 1.54) is 32.7 Å². The molecule has 0 spiro atoms. The Bertz CT molecular complexity index is 1330. The van der Waals surface area contributed by atoms with Crippen molar-refractivity contribution in [2.45, 2.75) is 57.8 Å². The number of anilines is 1. The van der Waals surface area contributed by atoms with Crippen LogP contribution in [0.5, 0.6) is 5.75 Å². The second-order valence-electron chi connectivity index (χ2n) is 10.5. The number of rotatable bonds is 7. The largest absolute Gasteiger partial charge is 0.494 e. The van der Waals surface area contributed by atoms with Crippen LogP contribution in [-0.2, 0) is 9.59 Å². The van der Waals surface area contributed by atoms with Crippen LogP contribution in [0, 0.1) is 11.8 Å². The summed E-state index contributed by atoms with van der Waals surface area (Å²) < 4.78 is 5.79. The summed E-state index contributed by atoms with van der Waals surface area (Å²) in [5.74, 6) is 0.166. The van der Waals surface area contributed by atoms with Crippen LogP contribution >= 0.6 is 0 Å². The van der Waals surface area contributed by atoms with E-state index in [-0.39, 0.29) is 35.5 Å². The topological polar surface area (TPSA) is 46.6 Å². The van der Waals surface area contributed by atoms with Crippen LogP contribution in [0.4, 0.5) is 5.69 Å². The molecule has 4 nitrogen and oxygen atoms in total. The summed E-state index contributed by atoms with van der Waals surface area (Å²) in [7, 11) is 0. The number of imide groups is 1. The zero-order valence-corrected chi connectivity index (χ0v) is 21.2. The Morgan fingerprint density at radius 2 is 1.42 bits per heavy atom. The molecule has 4 heteroatoms. The molecule has 3 aliphatic carbocycles. The Kier molecular flexibility index (Phi) is 5.70. The number of unbranched alkanes of at least 4 members (excludes halogenated alkanes) is 1. The number of amides is 2. The molecule has 1 aliphatic heterocycles. The number of benzene rings is 3. The minimum absolute atomic E-state index is 0.0752. The van der Waals surface area contributed by atoms with Gasteiger partial charge < -0.3 is 4.74 Å². The third kappa shape index (κ3) is 3.34. The first kappa shape index (κ1) is 23.0. The highest BCUT2D eigenvalue weighted by Crippen LogP contribution is 2.61. The summed E-state index contributed by atoms with van der Waals surface area (Å²) in [6.45, 7) is 7.26. The molecule has 7 rings (SSSR count). The van der Waals surface area contributed by atoms with E-state index in [0.717, 1.165) is 25.0 Å². The number of nitrogens with zero attached hydrogens (tertiary/aromatic N) is 1. The predicted octanol–water partition coefficient (Wildman–Crippen LogP) is 6.78. The average molecular weight is 480 g/mol. The lowest BCUT2D eigenvalue weighted by Crippen LogP contribution is -2.41. The van der Waals surface area contributed by atoms with Gasteiger partial charge in [-0.25, -0.2) is 4.90 Å². The van der Waals surface area contributed by atoms with Gasteiger partial charge in [-0.05, 0) is 70.8 Å². The van der Waals surface area contributed by atoms with Crippen LogP contribution in [-0.4, -0.2) is 18.4 Å². The Labute approximate surface area is 213 Å². The molecule has 0 unspecified atom stereocenters. The third-order valence-corrected chi connectivity index (χ3v) is 8.61. The van der Waals surface area contributed by atoms with E-state index in [4.69, 9.17) is 4.74 Å². The summed E-state index contributed by atoms with van der Waals surface area (Å²) in [5.41, 5.74) is 6.81. The molecule has 3 aromatic carbocycles.